The fourth-order valence-electron chi connectivity index (χ4n) is 1.38. The second-order valence-corrected chi connectivity index (χ2v) is 3.43. The molecule has 1 aromatic rings. The molecule has 4 nitrogen and oxygen atoms in total. The maximum Gasteiger partial charge on any atom is 0.335 e. The Hall–Kier alpha value is -1.89. The molecule has 1 fully saturated rings. The molecule has 0 radical (unpaired) electrons. The van der Waals surface area contributed by atoms with Gasteiger partial charge < -0.3 is 5.11 Å². The van der Waals surface area contributed by atoms with E-state index in [1.165, 1.54) is 18.3 Å². The smallest absolute Gasteiger partial charge is 0.335 e. The van der Waals surface area contributed by atoms with Gasteiger partial charge in [0.05, 0.1) is 22.7 Å². The van der Waals surface area contributed by atoms with Crippen molar-refractivity contribution in [1.29, 1.82) is 5.26 Å². The second kappa shape index (κ2) is 2.81. The Morgan fingerprint density at radius 2 is 2.36 bits per heavy atom. The molecule has 0 amide bonds. The first-order chi connectivity index (χ1) is 6.68. The maximum absolute atomic E-state index is 10.7. The summed E-state index contributed by atoms with van der Waals surface area (Å²) in [5, 5.41) is 17.7. The average Bonchev–Trinajstić information content (AvgIpc) is 2.98. The zero-order valence-corrected chi connectivity index (χ0v) is 7.40. The molecule has 1 N–H and O–H groups in total. The number of rotatable bonds is 2. The largest absolute Gasteiger partial charge is 0.478 e. The summed E-state index contributed by atoms with van der Waals surface area (Å²) < 4.78 is 0. The molecule has 0 aliphatic heterocycles. The second-order valence-electron chi connectivity index (χ2n) is 3.43. The Bertz CT molecular complexity index is 430. The molecule has 1 aliphatic rings. The van der Waals surface area contributed by atoms with Crippen molar-refractivity contribution in [3.05, 3.63) is 29.6 Å². The van der Waals surface area contributed by atoms with Crippen molar-refractivity contribution >= 4 is 5.97 Å². The van der Waals surface area contributed by atoms with Crippen molar-refractivity contribution in [2.75, 3.05) is 0 Å². The number of hydrogen-bond donors (Lipinski definition) is 1. The maximum atomic E-state index is 10.7. The number of aromatic nitrogens is 1. The van der Waals surface area contributed by atoms with Crippen molar-refractivity contribution in [3.8, 4) is 6.07 Å². The van der Waals surface area contributed by atoms with Crippen LogP contribution in [0.2, 0.25) is 0 Å². The molecule has 0 unspecified atom stereocenters. The lowest BCUT2D eigenvalue weighted by atomic mass is 10.0. The van der Waals surface area contributed by atoms with Crippen molar-refractivity contribution in [1.82, 2.24) is 4.98 Å². The zero-order valence-electron chi connectivity index (χ0n) is 7.40. The summed E-state index contributed by atoms with van der Waals surface area (Å²) >= 11 is 0. The minimum Gasteiger partial charge on any atom is -0.478 e. The number of carbonyl (C=O) groups is 1. The van der Waals surface area contributed by atoms with Crippen molar-refractivity contribution in [2.24, 2.45) is 0 Å². The van der Waals surface area contributed by atoms with Gasteiger partial charge in [-0.2, -0.15) is 5.26 Å². The topological polar surface area (TPSA) is 74.0 Å². The highest BCUT2D eigenvalue weighted by atomic mass is 16.4. The van der Waals surface area contributed by atoms with Gasteiger partial charge in [0.25, 0.3) is 0 Å². The van der Waals surface area contributed by atoms with Crippen molar-refractivity contribution < 1.29 is 9.90 Å². The summed E-state index contributed by atoms with van der Waals surface area (Å²) in [7, 11) is 0. The minimum atomic E-state index is -0.984. The molecule has 14 heavy (non-hydrogen) atoms. The van der Waals surface area contributed by atoms with Gasteiger partial charge in [-0.1, -0.05) is 0 Å². The lowest BCUT2D eigenvalue weighted by Gasteiger charge is -2.04. The van der Waals surface area contributed by atoms with Gasteiger partial charge in [0, 0.05) is 6.20 Å². The van der Waals surface area contributed by atoms with E-state index < -0.39 is 11.4 Å². The Labute approximate surface area is 80.8 Å². The monoisotopic (exact) mass is 188 g/mol. The van der Waals surface area contributed by atoms with E-state index in [0.717, 1.165) is 12.8 Å². The number of pyridine rings is 1. The molecule has 1 aliphatic carbocycles. The molecule has 0 spiro atoms. The summed E-state index contributed by atoms with van der Waals surface area (Å²) in [6, 6.07) is 5.09. The zero-order chi connectivity index (χ0) is 10.2. The molecule has 0 atom stereocenters. The molecule has 0 aromatic carbocycles. The highest BCUT2D eigenvalue weighted by Gasteiger charge is 2.46. The highest BCUT2D eigenvalue weighted by molar-refractivity contribution is 5.87. The van der Waals surface area contributed by atoms with Gasteiger partial charge in [0.1, 0.15) is 0 Å². The van der Waals surface area contributed by atoms with Crippen LogP contribution in [0.4, 0.5) is 0 Å². The lowest BCUT2D eigenvalue weighted by Crippen LogP contribution is -2.07. The van der Waals surface area contributed by atoms with Gasteiger partial charge in [-0.25, -0.2) is 4.79 Å². The third kappa shape index (κ3) is 1.23. The summed E-state index contributed by atoms with van der Waals surface area (Å²) in [5.41, 5.74) is 0.266. The molecule has 0 bridgehead atoms. The molecule has 1 saturated carbocycles. The van der Waals surface area contributed by atoms with Crippen LogP contribution in [0.25, 0.3) is 0 Å². The summed E-state index contributed by atoms with van der Waals surface area (Å²) in [6.07, 6.45) is 3.00. The van der Waals surface area contributed by atoms with Crippen LogP contribution in [0.15, 0.2) is 18.3 Å². The molecule has 1 aromatic heterocycles. The molecule has 0 saturated heterocycles. The number of nitriles is 1. The van der Waals surface area contributed by atoms with E-state index in [1.54, 1.807) is 0 Å². The van der Waals surface area contributed by atoms with E-state index in [-0.39, 0.29) is 5.56 Å². The van der Waals surface area contributed by atoms with Crippen LogP contribution in [0.3, 0.4) is 0 Å². The Morgan fingerprint density at radius 3 is 2.86 bits per heavy atom. The summed E-state index contributed by atoms with van der Waals surface area (Å²) in [5.74, 6) is -0.984. The average molecular weight is 188 g/mol. The Morgan fingerprint density at radius 1 is 1.64 bits per heavy atom. The van der Waals surface area contributed by atoms with Gasteiger partial charge in [-0.05, 0) is 25.0 Å². The highest BCUT2D eigenvalue weighted by Crippen LogP contribution is 2.46. The quantitative estimate of drug-likeness (QED) is 0.759. The summed E-state index contributed by atoms with van der Waals surface area (Å²) in [4.78, 5) is 14.7. The molecular formula is C10H8N2O2. The van der Waals surface area contributed by atoms with Crippen LogP contribution in [-0.2, 0) is 5.41 Å². The van der Waals surface area contributed by atoms with E-state index in [9.17, 15) is 4.79 Å². The van der Waals surface area contributed by atoms with Crippen LogP contribution in [0.1, 0.15) is 28.9 Å². The van der Waals surface area contributed by atoms with E-state index in [1.807, 2.05) is 0 Å². The first kappa shape index (κ1) is 8.70. The van der Waals surface area contributed by atoms with Crippen LogP contribution in [-0.4, -0.2) is 16.1 Å². The SMILES string of the molecule is N#CC1(c2cc(C(=O)O)ccn2)CC1. The van der Waals surface area contributed by atoms with Gasteiger partial charge in [0.2, 0.25) is 0 Å². The van der Waals surface area contributed by atoms with Crippen molar-refractivity contribution in [2.45, 2.75) is 18.3 Å². The van der Waals surface area contributed by atoms with E-state index in [2.05, 4.69) is 11.1 Å². The fraction of sp³-hybridized carbons (Fsp3) is 0.300. The Kier molecular flexibility index (Phi) is 1.74. The minimum absolute atomic E-state index is 0.191. The number of carboxylic acids is 1. The van der Waals surface area contributed by atoms with E-state index >= 15 is 0 Å². The molecular weight excluding hydrogens is 180 g/mol. The van der Waals surface area contributed by atoms with Crippen LogP contribution >= 0.6 is 0 Å². The van der Waals surface area contributed by atoms with E-state index in [4.69, 9.17) is 10.4 Å². The van der Waals surface area contributed by atoms with Gasteiger partial charge in [0.15, 0.2) is 0 Å². The predicted octanol–water partition coefficient (Wildman–Crippen LogP) is 1.33. The van der Waals surface area contributed by atoms with E-state index in [0.29, 0.717) is 5.69 Å². The van der Waals surface area contributed by atoms with Gasteiger partial charge in [-0.3, -0.25) is 4.98 Å². The fourth-order valence-corrected chi connectivity index (χ4v) is 1.38. The number of aromatic carboxylic acids is 1. The standard InChI is InChI=1S/C10H8N2O2/c11-6-10(2-3-10)8-5-7(9(13)14)1-4-12-8/h1,4-5H,2-3H2,(H,13,14). The third-order valence-electron chi connectivity index (χ3n) is 2.46. The Balaban J connectivity index is 2.42. The van der Waals surface area contributed by atoms with Crippen LogP contribution < -0.4 is 0 Å². The normalized spacial score (nSPS) is 17.1. The summed E-state index contributed by atoms with van der Waals surface area (Å²) in [6.45, 7) is 0. The molecule has 70 valence electrons. The number of nitrogens with zero attached hydrogens (tertiary/aromatic N) is 2. The number of hydrogen-bond acceptors (Lipinski definition) is 3. The first-order valence-corrected chi connectivity index (χ1v) is 4.29. The molecule has 2 rings (SSSR count). The van der Waals surface area contributed by atoms with Crippen molar-refractivity contribution in [3.63, 3.8) is 0 Å². The lowest BCUT2D eigenvalue weighted by molar-refractivity contribution is 0.0696. The molecule has 1 heterocycles. The third-order valence-corrected chi connectivity index (χ3v) is 2.46. The number of carboxylic acid groups (broad SMARTS) is 1. The molecule has 4 heteroatoms. The van der Waals surface area contributed by atoms with Crippen LogP contribution in [0.5, 0.6) is 0 Å². The van der Waals surface area contributed by atoms with Gasteiger partial charge in [-0.15, -0.1) is 0 Å². The van der Waals surface area contributed by atoms with Gasteiger partial charge >= 0.3 is 5.97 Å². The van der Waals surface area contributed by atoms with Crippen LogP contribution in [0, 0.1) is 11.3 Å². The predicted molar refractivity (Wildman–Crippen MR) is 47.7 cm³/mol. The first-order valence-electron chi connectivity index (χ1n) is 4.29.